The molecule has 4 rings (SSSR count). The summed E-state index contributed by atoms with van der Waals surface area (Å²) in [6.07, 6.45) is 2.31. The van der Waals surface area contributed by atoms with Crippen molar-refractivity contribution in [2.24, 2.45) is 5.41 Å². The highest BCUT2D eigenvalue weighted by Gasteiger charge is 2.49. The normalized spacial score (nSPS) is 20.4. The van der Waals surface area contributed by atoms with E-state index in [1.807, 2.05) is 48.7 Å². The Morgan fingerprint density at radius 3 is 2.61 bits per heavy atom. The van der Waals surface area contributed by atoms with Gasteiger partial charge in [-0.1, -0.05) is 36.4 Å². The van der Waals surface area contributed by atoms with Crippen molar-refractivity contribution in [2.45, 2.75) is 26.2 Å². The van der Waals surface area contributed by atoms with Crippen molar-refractivity contribution in [2.75, 3.05) is 10.6 Å². The van der Waals surface area contributed by atoms with E-state index in [9.17, 15) is 9.59 Å². The minimum absolute atomic E-state index is 0.0476. The van der Waals surface area contributed by atoms with E-state index in [1.165, 1.54) is 18.3 Å². The number of hydrogen-bond donors (Lipinski definition) is 2. The van der Waals surface area contributed by atoms with Gasteiger partial charge in [-0.05, 0) is 42.2 Å². The highest BCUT2D eigenvalue weighted by Crippen LogP contribution is 2.51. The third-order valence-electron chi connectivity index (χ3n) is 5.28. The van der Waals surface area contributed by atoms with Crippen LogP contribution in [0.15, 0.2) is 60.1 Å². The van der Waals surface area contributed by atoms with Gasteiger partial charge in [0.25, 0.3) is 0 Å². The molecule has 1 aliphatic carbocycles. The first-order valence-electron chi connectivity index (χ1n) is 9.14. The first-order valence-corrected chi connectivity index (χ1v) is 10.0. The Kier molecular flexibility index (Phi) is 4.73. The number of rotatable bonds is 4. The minimum atomic E-state index is -0.662. The van der Waals surface area contributed by atoms with Crippen molar-refractivity contribution >= 4 is 34.0 Å². The van der Waals surface area contributed by atoms with Crippen LogP contribution in [0, 0.1) is 5.41 Å². The van der Waals surface area contributed by atoms with E-state index in [4.69, 9.17) is 0 Å². The lowest BCUT2D eigenvalue weighted by Gasteiger charge is -2.31. The zero-order valence-corrected chi connectivity index (χ0v) is 16.5. The van der Waals surface area contributed by atoms with Gasteiger partial charge in [-0.3, -0.25) is 9.59 Å². The molecular weight excluding hydrogens is 370 g/mol. The lowest BCUT2D eigenvalue weighted by molar-refractivity contribution is -0.125. The predicted molar refractivity (Wildman–Crippen MR) is 112 cm³/mol. The van der Waals surface area contributed by atoms with Crippen molar-refractivity contribution in [3.05, 3.63) is 76.8 Å². The zero-order valence-electron chi connectivity index (χ0n) is 15.7. The summed E-state index contributed by atoms with van der Waals surface area (Å²) in [5.74, 6) is -0.274. The van der Waals surface area contributed by atoms with E-state index in [1.54, 1.807) is 6.20 Å². The third-order valence-corrected chi connectivity index (χ3v) is 5.96. The average Bonchev–Trinajstić information content (AvgIpc) is 3.27. The number of nitrogens with zero attached hydrogens (tertiary/aromatic N) is 1. The van der Waals surface area contributed by atoms with E-state index in [0.717, 1.165) is 22.4 Å². The number of fused-ring (bicyclic) bond motifs is 1. The van der Waals surface area contributed by atoms with Gasteiger partial charge >= 0.3 is 0 Å². The van der Waals surface area contributed by atoms with E-state index in [2.05, 4.69) is 27.8 Å². The summed E-state index contributed by atoms with van der Waals surface area (Å²) in [7, 11) is 0. The van der Waals surface area contributed by atoms with Crippen LogP contribution in [-0.2, 0) is 16.0 Å². The molecule has 2 unspecified atom stereocenters. The summed E-state index contributed by atoms with van der Waals surface area (Å²) in [6, 6.07) is 16.0. The summed E-state index contributed by atoms with van der Waals surface area (Å²) in [4.78, 5) is 29.0. The first kappa shape index (κ1) is 18.4. The van der Waals surface area contributed by atoms with E-state index >= 15 is 0 Å². The first-order chi connectivity index (χ1) is 13.5. The molecule has 6 heteroatoms. The van der Waals surface area contributed by atoms with Crippen LogP contribution in [0.25, 0.3) is 0 Å². The number of hydrogen-bond acceptors (Lipinski definition) is 4. The van der Waals surface area contributed by atoms with Gasteiger partial charge in [-0.15, -0.1) is 11.3 Å². The molecule has 0 bridgehead atoms. The molecule has 0 aliphatic heterocycles. The number of carbonyl (C=O) groups excluding carboxylic acids is 2. The van der Waals surface area contributed by atoms with Crippen LogP contribution in [0.2, 0.25) is 0 Å². The lowest BCUT2D eigenvalue weighted by Crippen LogP contribution is -2.37. The van der Waals surface area contributed by atoms with Gasteiger partial charge in [0, 0.05) is 30.1 Å². The van der Waals surface area contributed by atoms with Gasteiger partial charge < -0.3 is 10.6 Å². The minimum Gasteiger partial charge on any atom is -0.326 e. The molecule has 0 spiro atoms. The lowest BCUT2D eigenvalue weighted by atomic mass is 9.73. The molecule has 1 aromatic heterocycles. The molecule has 0 saturated carbocycles. The second kappa shape index (κ2) is 7.20. The van der Waals surface area contributed by atoms with Crippen LogP contribution >= 0.6 is 11.3 Å². The third kappa shape index (κ3) is 3.31. The number of benzene rings is 2. The van der Waals surface area contributed by atoms with E-state index in [-0.39, 0.29) is 17.7 Å². The topological polar surface area (TPSA) is 71.1 Å². The molecule has 1 aliphatic rings. The molecule has 2 N–H and O–H groups in total. The standard InChI is InChI=1S/C22H21N3O2S/c1-14(26)24-17-9-8-16-13-22(2,20(27)25-21-23-10-11-28-21)19(18(16)12-17)15-6-4-3-5-7-15/h3-12,19H,13H2,1-2H3,(H,24,26)(H,23,25,27). The molecule has 142 valence electrons. The van der Waals surface area contributed by atoms with Crippen molar-refractivity contribution in [1.82, 2.24) is 4.98 Å². The molecule has 3 aromatic rings. The fourth-order valence-corrected chi connectivity index (χ4v) is 4.60. The second-order valence-electron chi connectivity index (χ2n) is 7.32. The van der Waals surface area contributed by atoms with Crippen LogP contribution in [-0.4, -0.2) is 16.8 Å². The Morgan fingerprint density at radius 2 is 1.93 bits per heavy atom. The molecule has 28 heavy (non-hydrogen) atoms. The Morgan fingerprint density at radius 1 is 1.14 bits per heavy atom. The van der Waals surface area contributed by atoms with Gasteiger partial charge in [0.1, 0.15) is 0 Å². The maximum atomic E-state index is 13.3. The summed E-state index contributed by atoms with van der Waals surface area (Å²) >= 11 is 1.41. The van der Waals surface area contributed by atoms with E-state index < -0.39 is 5.41 Å². The second-order valence-corrected chi connectivity index (χ2v) is 8.22. The zero-order chi connectivity index (χ0) is 19.7. The molecule has 2 amide bonds. The number of aromatic nitrogens is 1. The molecule has 1 heterocycles. The number of amides is 2. The molecule has 5 nitrogen and oxygen atoms in total. The molecule has 2 atom stereocenters. The monoisotopic (exact) mass is 391 g/mol. The summed E-state index contributed by atoms with van der Waals surface area (Å²) in [5, 5.41) is 8.28. The number of anilines is 2. The fraction of sp³-hybridized carbons (Fsp3) is 0.227. The molecule has 2 aromatic carbocycles. The molecule has 0 saturated heterocycles. The Labute approximate surface area is 167 Å². The van der Waals surface area contributed by atoms with Crippen molar-refractivity contribution in [3.63, 3.8) is 0 Å². The molecular formula is C22H21N3O2S. The molecule has 0 radical (unpaired) electrons. The quantitative estimate of drug-likeness (QED) is 0.691. The maximum absolute atomic E-state index is 13.3. The smallest absolute Gasteiger partial charge is 0.233 e. The number of nitrogens with one attached hydrogen (secondary N) is 2. The van der Waals surface area contributed by atoms with Crippen LogP contribution in [0.5, 0.6) is 0 Å². The van der Waals surface area contributed by atoms with Crippen molar-refractivity contribution in [1.29, 1.82) is 0 Å². The summed E-state index contributed by atoms with van der Waals surface area (Å²) in [6.45, 7) is 3.50. The van der Waals surface area contributed by atoms with Crippen molar-refractivity contribution < 1.29 is 9.59 Å². The van der Waals surface area contributed by atoms with Crippen LogP contribution in [0.1, 0.15) is 36.5 Å². The largest absolute Gasteiger partial charge is 0.326 e. The SMILES string of the molecule is CC(=O)Nc1ccc2c(c1)C(c1ccccc1)C(C)(C(=O)Nc1nccs1)C2. The van der Waals surface area contributed by atoms with Crippen LogP contribution in [0.3, 0.4) is 0 Å². The average molecular weight is 391 g/mol. The highest BCUT2D eigenvalue weighted by atomic mass is 32.1. The fourth-order valence-electron chi connectivity index (χ4n) is 4.08. The Bertz CT molecular complexity index is 1020. The number of carbonyl (C=O) groups is 2. The van der Waals surface area contributed by atoms with E-state index in [0.29, 0.717) is 11.6 Å². The van der Waals surface area contributed by atoms with Gasteiger partial charge in [-0.25, -0.2) is 4.98 Å². The highest BCUT2D eigenvalue weighted by molar-refractivity contribution is 7.13. The number of thiazole rings is 1. The van der Waals surface area contributed by atoms with Crippen LogP contribution in [0.4, 0.5) is 10.8 Å². The van der Waals surface area contributed by atoms with Gasteiger partial charge in [0.05, 0.1) is 5.41 Å². The maximum Gasteiger partial charge on any atom is 0.233 e. The van der Waals surface area contributed by atoms with Crippen molar-refractivity contribution in [3.8, 4) is 0 Å². The molecule has 0 fully saturated rings. The Hall–Kier alpha value is -2.99. The summed E-state index contributed by atoms with van der Waals surface area (Å²) < 4.78 is 0. The predicted octanol–water partition coefficient (Wildman–Crippen LogP) is 4.43. The Balaban J connectivity index is 1.77. The van der Waals surface area contributed by atoms with Crippen LogP contribution < -0.4 is 10.6 Å². The van der Waals surface area contributed by atoms with Gasteiger partial charge in [0.2, 0.25) is 11.8 Å². The van der Waals surface area contributed by atoms with Gasteiger partial charge in [-0.2, -0.15) is 0 Å². The van der Waals surface area contributed by atoms with Gasteiger partial charge in [0.15, 0.2) is 5.13 Å². The summed E-state index contributed by atoms with van der Waals surface area (Å²) in [5.41, 5.74) is 3.37.